The molecule has 0 aliphatic carbocycles. The Hall–Kier alpha value is -4.35. The van der Waals surface area contributed by atoms with Gasteiger partial charge in [0.2, 0.25) is 0 Å². The van der Waals surface area contributed by atoms with Gasteiger partial charge < -0.3 is 15.2 Å². The first kappa shape index (κ1) is 26.7. The quantitative estimate of drug-likeness (QED) is 0.257. The van der Waals surface area contributed by atoms with Crippen LogP contribution in [-0.2, 0) is 4.79 Å². The zero-order chi connectivity index (χ0) is 27.7. The lowest BCUT2D eigenvalue weighted by atomic mass is 9.97. The molecule has 0 fully saturated rings. The van der Waals surface area contributed by atoms with E-state index in [0.29, 0.717) is 11.7 Å². The first-order valence-electron chi connectivity index (χ1n) is 11.4. The molecule has 2 heterocycles. The molecule has 0 radical (unpaired) electrons. The number of rotatable bonds is 7. The van der Waals surface area contributed by atoms with E-state index in [2.05, 4.69) is 20.4 Å². The van der Waals surface area contributed by atoms with Crippen LogP contribution in [0.4, 0.5) is 33.5 Å². The summed E-state index contributed by atoms with van der Waals surface area (Å²) in [6, 6.07) is 15.8. The highest BCUT2D eigenvalue weighted by molar-refractivity contribution is 5.99. The summed E-state index contributed by atoms with van der Waals surface area (Å²) in [6.07, 6.45) is -4.68. The number of carbonyl (C=O) groups excluding carboxylic acids is 1. The van der Waals surface area contributed by atoms with Crippen LogP contribution in [0.1, 0.15) is 29.9 Å². The molecule has 0 saturated heterocycles. The van der Waals surface area contributed by atoms with Gasteiger partial charge >= 0.3 is 18.0 Å². The smallest absolute Gasteiger partial charge is 0.362 e. The van der Waals surface area contributed by atoms with E-state index >= 15 is 0 Å². The summed E-state index contributed by atoms with van der Waals surface area (Å²) in [5.74, 6) is -7.22. The highest BCUT2D eigenvalue weighted by atomic mass is 19.4. The lowest BCUT2D eigenvalue weighted by Crippen LogP contribution is -2.47. The number of alkyl halides is 5. The van der Waals surface area contributed by atoms with Crippen molar-refractivity contribution in [2.75, 3.05) is 10.6 Å². The molecule has 4 rings (SSSR count). The Morgan fingerprint density at radius 3 is 2.21 bits per heavy atom. The van der Waals surface area contributed by atoms with Crippen LogP contribution in [0, 0.1) is 13.8 Å². The number of halogens is 5. The summed E-state index contributed by atoms with van der Waals surface area (Å²) in [6.45, 7) is 4.93. The van der Waals surface area contributed by atoms with Gasteiger partial charge in [-0.15, -0.1) is 0 Å². The molecule has 0 aliphatic rings. The summed E-state index contributed by atoms with van der Waals surface area (Å²) in [5, 5.41) is 8.50. The fourth-order valence-electron chi connectivity index (χ4n) is 3.71. The molecular formula is C26H22F5N5O2. The fraction of sp³-hybridized carbons (Fsp3) is 0.231. The van der Waals surface area contributed by atoms with Crippen molar-refractivity contribution in [3.05, 3.63) is 77.7 Å². The van der Waals surface area contributed by atoms with Crippen LogP contribution in [0.5, 0.6) is 0 Å². The monoisotopic (exact) mass is 531 g/mol. The van der Waals surface area contributed by atoms with Crippen molar-refractivity contribution in [1.82, 2.24) is 15.1 Å². The first-order valence-corrected chi connectivity index (χ1v) is 11.4. The number of pyridine rings is 1. The highest BCUT2D eigenvalue weighted by Crippen LogP contribution is 2.38. The van der Waals surface area contributed by atoms with E-state index in [0.717, 1.165) is 22.3 Å². The van der Waals surface area contributed by atoms with Gasteiger partial charge in [-0.3, -0.25) is 4.79 Å². The number of anilines is 2. The maximum Gasteiger partial charge on any atom is 0.463 e. The number of hydrogen-bond donors (Lipinski definition) is 2. The number of aromatic nitrogens is 3. The number of hydrogen-bond acceptors (Lipinski definition) is 6. The molecule has 2 aromatic heterocycles. The molecule has 1 atom stereocenters. The molecule has 2 aromatic carbocycles. The van der Waals surface area contributed by atoms with Gasteiger partial charge in [-0.1, -0.05) is 47.6 Å². The van der Waals surface area contributed by atoms with Crippen molar-refractivity contribution in [3.63, 3.8) is 0 Å². The molecule has 4 aromatic rings. The molecule has 0 saturated carbocycles. The number of aryl methyl sites for hydroxylation is 2. The highest BCUT2D eigenvalue weighted by Gasteiger charge is 2.63. The predicted molar refractivity (Wildman–Crippen MR) is 131 cm³/mol. The van der Waals surface area contributed by atoms with Crippen molar-refractivity contribution in [1.29, 1.82) is 0 Å². The molecule has 7 nitrogen and oxygen atoms in total. The summed E-state index contributed by atoms with van der Waals surface area (Å²) in [5.41, 5.74) is 3.23. The van der Waals surface area contributed by atoms with Gasteiger partial charge in [0.05, 0.1) is 11.7 Å². The standard InChI is InChI=1S/C26H22F5N5O2/c1-14-12-13-32-22(21(14)35-24(37)25(27,28)26(29,30)31)33-15(2)17-8-10-18(11-9-17)19-6-4-5-7-20(19)23-34-16(3)36-38-23/h4-13,15H,1-3H3,(H,32,33)(H,35,37). The Morgan fingerprint density at radius 2 is 1.61 bits per heavy atom. The topological polar surface area (TPSA) is 92.9 Å². The molecule has 1 unspecified atom stereocenters. The average Bonchev–Trinajstić information content (AvgIpc) is 3.31. The van der Waals surface area contributed by atoms with Gasteiger partial charge in [0.15, 0.2) is 11.6 Å². The number of carbonyl (C=O) groups is 1. The number of amides is 1. The number of nitrogens with zero attached hydrogens (tertiary/aromatic N) is 3. The van der Waals surface area contributed by atoms with Crippen LogP contribution in [0.3, 0.4) is 0 Å². The van der Waals surface area contributed by atoms with E-state index in [-0.39, 0.29) is 17.1 Å². The second-order valence-electron chi connectivity index (χ2n) is 8.56. The molecule has 0 aliphatic heterocycles. The largest absolute Gasteiger partial charge is 0.463 e. The molecular weight excluding hydrogens is 509 g/mol. The SMILES string of the molecule is Cc1noc(-c2ccccc2-c2ccc(C(C)Nc3nccc(C)c3NC(=O)C(F)(F)C(F)(F)F)cc2)n1. The van der Waals surface area contributed by atoms with Gasteiger partial charge in [-0.25, -0.2) is 4.98 Å². The van der Waals surface area contributed by atoms with E-state index in [1.165, 1.54) is 19.2 Å². The maximum absolute atomic E-state index is 13.5. The summed E-state index contributed by atoms with van der Waals surface area (Å²) in [7, 11) is 0. The summed E-state index contributed by atoms with van der Waals surface area (Å²) >= 11 is 0. The van der Waals surface area contributed by atoms with E-state index < -0.39 is 24.0 Å². The van der Waals surface area contributed by atoms with E-state index in [1.807, 2.05) is 48.5 Å². The Labute approximate surface area is 214 Å². The van der Waals surface area contributed by atoms with Gasteiger partial charge in [0, 0.05) is 11.8 Å². The van der Waals surface area contributed by atoms with E-state index in [1.54, 1.807) is 19.2 Å². The van der Waals surface area contributed by atoms with Gasteiger partial charge in [-0.05, 0) is 55.2 Å². The summed E-state index contributed by atoms with van der Waals surface area (Å²) < 4.78 is 70.3. The minimum absolute atomic E-state index is 0.0509. The van der Waals surface area contributed by atoms with Crippen molar-refractivity contribution >= 4 is 17.4 Å². The van der Waals surface area contributed by atoms with E-state index in [9.17, 15) is 26.7 Å². The van der Waals surface area contributed by atoms with Crippen LogP contribution in [0.25, 0.3) is 22.6 Å². The molecule has 0 spiro atoms. The minimum atomic E-state index is -6.03. The van der Waals surface area contributed by atoms with Gasteiger partial charge in [0.1, 0.15) is 0 Å². The van der Waals surface area contributed by atoms with Crippen LogP contribution in [-0.4, -0.2) is 33.1 Å². The van der Waals surface area contributed by atoms with Crippen molar-refractivity contribution in [2.45, 2.75) is 38.9 Å². The van der Waals surface area contributed by atoms with Crippen molar-refractivity contribution in [3.8, 4) is 22.6 Å². The normalized spacial score (nSPS) is 12.7. The third-order valence-electron chi connectivity index (χ3n) is 5.80. The maximum atomic E-state index is 13.5. The van der Waals surface area contributed by atoms with Crippen LogP contribution >= 0.6 is 0 Å². The van der Waals surface area contributed by atoms with Gasteiger partial charge in [-0.2, -0.15) is 26.9 Å². The molecule has 2 N–H and O–H groups in total. The van der Waals surface area contributed by atoms with Crippen LogP contribution in [0.15, 0.2) is 65.3 Å². The van der Waals surface area contributed by atoms with Crippen LogP contribution in [0.2, 0.25) is 0 Å². The zero-order valence-electron chi connectivity index (χ0n) is 20.4. The lowest BCUT2D eigenvalue weighted by Gasteiger charge is -2.22. The Balaban J connectivity index is 1.56. The molecule has 198 valence electrons. The zero-order valence-corrected chi connectivity index (χ0v) is 20.4. The van der Waals surface area contributed by atoms with Crippen molar-refractivity contribution < 1.29 is 31.3 Å². The Bertz CT molecular complexity index is 1450. The molecule has 12 heteroatoms. The van der Waals surface area contributed by atoms with E-state index in [4.69, 9.17) is 4.52 Å². The van der Waals surface area contributed by atoms with Crippen LogP contribution < -0.4 is 10.6 Å². The summed E-state index contributed by atoms with van der Waals surface area (Å²) in [4.78, 5) is 20.1. The molecule has 0 bridgehead atoms. The second-order valence-corrected chi connectivity index (χ2v) is 8.56. The Kier molecular flexibility index (Phi) is 7.16. The number of benzene rings is 2. The average molecular weight is 531 g/mol. The minimum Gasteiger partial charge on any atom is -0.362 e. The predicted octanol–water partition coefficient (Wildman–Crippen LogP) is 6.72. The van der Waals surface area contributed by atoms with Crippen molar-refractivity contribution in [2.24, 2.45) is 0 Å². The first-order chi connectivity index (χ1) is 17.9. The fourth-order valence-corrected chi connectivity index (χ4v) is 3.71. The molecule has 1 amide bonds. The second kappa shape index (κ2) is 10.2. The third kappa shape index (κ3) is 5.34. The third-order valence-corrected chi connectivity index (χ3v) is 5.80. The van der Waals surface area contributed by atoms with Gasteiger partial charge in [0.25, 0.3) is 5.89 Å². The lowest BCUT2D eigenvalue weighted by molar-refractivity contribution is -0.267. The molecule has 38 heavy (non-hydrogen) atoms. The Morgan fingerprint density at radius 1 is 0.947 bits per heavy atom. The number of nitrogens with one attached hydrogen (secondary N) is 2.